The Labute approximate surface area is 183 Å². The van der Waals surface area contributed by atoms with Gasteiger partial charge in [-0.25, -0.2) is 4.98 Å². The van der Waals surface area contributed by atoms with Crippen LogP contribution < -0.4 is 25.7 Å². The van der Waals surface area contributed by atoms with E-state index in [1.807, 2.05) is 36.4 Å². The van der Waals surface area contributed by atoms with E-state index in [-0.39, 0.29) is 11.3 Å². The third-order valence-corrected chi connectivity index (χ3v) is 4.88. The first-order chi connectivity index (χ1) is 15.1. The molecule has 31 heavy (non-hydrogen) atoms. The molecule has 0 radical (unpaired) electrons. The van der Waals surface area contributed by atoms with Gasteiger partial charge in [0.2, 0.25) is 5.95 Å². The summed E-state index contributed by atoms with van der Waals surface area (Å²) >= 11 is 5.91. The Morgan fingerprint density at radius 3 is 2.55 bits per heavy atom. The second kappa shape index (κ2) is 8.97. The molecule has 4 rings (SSSR count). The van der Waals surface area contributed by atoms with Crippen molar-refractivity contribution < 1.29 is 9.47 Å². The summed E-state index contributed by atoms with van der Waals surface area (Å²) in [4.78, 5) is 21.3. The number of hydrogen-bond donors (Lipinski definition) is 3. The first-order valence-electron chi connectivity index (χ1n) is 9.48. The van der Waals surface area contributed by atoms with Gasteiger partial charge in [-0.2, -0.15) is 9.50 Å². The molecule has 0 spiro atoms. The number of halogens is 1. The van der Waals surface area contributed by atoms with Crippen molar-refractivity contribution in [3.8, 4) is 11.5 Å². The molecule has 0 bridgehead atoms. The SMILES string of the molecule is COc1ccc(NCc2cc(=O)n3[nH]c(NCc4ccc(Cl)cc4)nc3n2)c(OC)c1. The fourth-order valence-corrected chi connectivity index (χ4v) is 3.14. The Balaban J connectivity index is 1.48. The van der Waals surface area contributed by atoms with Crippen LogP contribution in [0.15, 0.2) is 53.3 Å². The standard InChI is InChI=1S/C21H21ClN6O3/c1-30-16-7-8-17(18(10-16)31-2)23-12-15-9-19(29)28-21(25-15)26-20(27-28)24-11-13-3-5-14(22)6-4-13/h3-10,23H,11-12H2,1-2H3,(H2,24,25,26,27). The molecule has 0 aliphatic carbocycles. The van der Waals surface area contributed by atoms with Crippen LogP contribution in [0.3, 0.4) is 0 Å². The number of aromatic nitrogens is 4. The number of anilines is 2. The highest BCUT2D eigenvalue weighted by Crippen LogP contribution is 2.29. The maximum Gasteiger partial charge on any atom is 0.274 e. The van der Waals surface area contributed by atoms with Crippen LogP contribution in [-0.4, -0.2) is 33.8 Å². The molecule has 4 aromatic rings. The van der Waals surface area contributed by atoms with Gasteiger partial charge >= 0.3 is 0 Å². The molecule has 9 nitrogen and oxygen atoms in total. The summed E-state index contributed by atoms with van der Waals surface area (Å²) in [5.41, 5.74) is 2.09. The zero-order valence-corrected chi connectivity index (χ0v) is 17.7. The van der Waals surface area contributed by atoms with Crippen LogP contribution in [0.25, 0.3) is 5.78 Å². The third kappa shape index (κ3) is 4.72. The highest BCUT2D eigenvalue weighted by molar-refractivity contribution is 6.30. The van der Waals surface area contributed by atoms with Gasteiger partial charge in [-0.05, 0) is 29.8 Å². The fourth-order valence-electron chi connectivity index (χ4n) is 3.02. The predicted octanol–water partition coefficient (Wildman–Crippen LogP) is 3.31. The van der Waals surface area contributed by atoms with E-state index in [4.69, 9.17) is 21.1 Å². The van der Waals surface area contributed by atoms with Crippen molar-refractivity contribution in [1.82, 2.24) is 19.6 Å². The van der Waals surface area contributed by atoms with Crippen LogP contribution in [0.4, 0.5) is 11.6 Å². The summed E-state index contributed by atoms with van der Waals surface area (Å²) in [5.74, 6) is 2.05. The number of aromatic amines is 1. The van der Waals surface area contributed by atoms with E-state index in [2.05, 4.69) is 25.7 Å². The van der Waals surface area contributed by atoms with Gasteiger partial charge in [0.05, 0.1) is 32.1 Å². The molecule has 2 aromatic carbocycles. The van der Waals surface area contributed by atoms with Gasteiger partial charge < -0.3 is 20.1 Å². The lowest BCUT2D eigenvalue weighted by molar-refractivity contribution is 0.395. The van der Waals surface area contributed by atoms with Crippen molar-refractivity contribution in [2.24, 2.45) is 0 Å². The van der Waals surface area contributed by atoms with Crippen LogP contribution >= 0.6 is 11.6 Å². The van der Waals surface area contributed by atoms with E-state index in [0.717, 1.165) is 11.3 Å². The number of benzene rings is 2. The Kier molecular flexibility index (Phi) is 5.94. The fraction of sp³-hybridized carbons (Fsp3) is 0.190. The number of hydrogen-bond acceptors (Lipinski definition) is 7. The van der Waals surface area contributed by atoms with Crippen LogP contribution in [0.5, 0.6) is 11.5 Å². The molecule has 0 fully saturated rings. The van der Waals surface area contributed by atoms with Gasteiger partial charge in [0, 0.05) is 23.7 Å². The summed E-state index contributed by atoms with van der Waals surface area (Å²) in [6, 6.07) is 14.4. The van der Waals surface area contributed by atoms with Crippen molar-refractivity contribution in [1.29, 1.82) is 0 Å². The largest absolute Gasteiger partial charge is 0.497 e. The van der Waals surface area contributed by atoms with Crippen LogP contribution in [0.2, 0.25) is 5.02 Å². The normalized spacial score (nSPS) is 10.8. The van der Waals surface area contributed by atoms with Crippen molar-refractivity contribution in [2.75, 3.05) is 24.9 Å². The number of H-pyrrole nitrogens is 1. The van der Waals surface area contributed by atoms with Crippen molar-refractivity contribution >= 4 is 29.0 Å². The smallest absolute Gasteiger partial charge is 0.274 e. The van der Waals surface area contributed by atoms with E-state index in [9.17, 15) is 4.79 Å². The monoisotopic (exact) mass is 440 g/mol. The molecule has 2 heterocycles. The highest BCUT2D eigenvalue weighted by atomic mass is 35.5. The summed E-state index contributed by atoms with van der Waals surface area (Å²) in [6.07, 6.45) is 0. The lowest BCUT2D eigenvalue weighted by Crippen LogP contribution is -2.17. The number of methoxy groups -OCH3 is 2. The first kappa shape index (κ1) is 20.5. The van der Waals surface area contributed by atoms with Crippen molar-refractivity contribution in [3.05, 3.63) is 75.2 Å². The molecule has 2 aromatic heterocycles. The molecule has 0 aliphatic heterocycles. The number of fused-ring (bicyclic) bond motifs is 1. The zero-order valence-electron chi connectivity index (χ0n) is 17.0. The molecule has 0 saturated heterocycles. The first-order valence-corrected chi connectivity index (χ1v) is 9.86. The molecule has 0 amide bonds. The molecule has 160 valence electrons. The summed E-state index contributed by atoms with van der Waals surface area (Å²) in [6.45, 7) is 0.853. The van der Waals surface area contributed by atoms with E-state index in [0.29, 0.717) is 41.3 Å². The molecular weight excluding hydrogens is 420 g/mol. The number of rotatable bonds is 8. The average molecular weight is 441 g/mol. The molecule has 10 heteroatoms. The van der Waals surface area contributed by atoms with Gasteiger partial charge in [0.15, 0.2) is 0 Å². The average Bonchev–Trinajstić information content (AvgIpc) is 3.21. The highest BCUT2D eigenvalue weighted by Gasteiger charge is 2.10. The van der Waals surface area contributed by atoms with E-state index < -0.39 is 0 Å². The minimum absolute atomic E-state index is 0.254. The lowest BCUT2D eigenvalue weighted by atomic mass is 10.2. The van der Waals surface area contributed by atoms with Gasteiger partial charge in [0.25, 0.3) is 11.3 Å². The van der Waals surface area contributed by atoms with Gasteiger partial charge in [-0.3, -0.25) is 9.89 Å². The van der Waals surface area contributed by atoms with Crippen LogP contribution in [0, 0.1) is 0 Å². The summed E-state index contributed by atoms with van der Waals surface area (Å²) in [5, 5.41) is 9.97. The number of ether oxygens (including phenoxy) is 2. The van der Waals surface area contributed by atoms with Gasteiger partial charge in [0.1, 0.15) is 11.5 Å². The maximum atomic E-state index is 12.5. The Morgan fingerprint density at radius 2 is 1.81 bits per heavy atom. The Morgan fingerprint density at radius 1 is 1.00 bits per heavy atom. The maximum absolute atomic E-state index is 12.5. The molecular formula is C21H21ClN6O3. The number of nitrogens with one attached hydrogen (secondary N) is 3. The van der Waals surface area contributed by atoms with Gasteiger partial charge in [-0.15, -0.1) is 0 Å². The zero-order chi connectivity index (χ0) is 21.8. The molecule has 3 N–H and O–H groups in total. The third-order valence-electron chi connectivity index (χ3n) is 4.63. The van der Waals surface area contributed by atoms with Crippen molar-refractivity contribution in [2.45, 2.75) is 13.1 Å². The quantitative estimate of drug-likeness (QED) is 0.386. The topological polar surface area (TPSA) is 106 Å². The van der Waals surface area contributed by atoms with Gasteiger partial charge in [-0.1, -0.05) is 23.7 Å². The van der Waals surface area contributed by atoms with Crippen LogP contribution in [0.1, 0.15) is 11.3 Å². The van der Waals surface area contributed by atoms with E-state index >= 15 is 0 Å². The lowest BCUT2D eigenvalue weighted by Gasteiger charge is -2.12. The van der Waals surface area contributed by atoms with E-state index in [1.54, 1.807) is 20.3 Å². The minimum atomic E-state index is -0.254. The minimum Gasteiger partial charge on any atom is -0.497 e. The molecule has 0 aliphatic rings. The van der Waals surface area contributed by atoms with E-state index in [1.165, 1.54) is 10.6 Å². The second-order valence-corrected chi connectivity index (χ2v) is 7.13. The molecule has 0 atom stereocenters. The molecule has 0 saturated carbocycles. The Hall–Kier alpha value is -3.72. The Bertz CT molecular complexity index is 1250. The predicted molar refractivity (Wildman–Crippen MR) is 119 cm³/mol. The number of nitrogens with zero attached hydrogens (tertiary/aromatic N) is 3. The second-order valence-electron chi connectivity index (χ2n) is 6.69. The summed E-state index contributed by atoms with van der Waals surface area (Å²) < 4.78 is 11.9. The van der Waals surface area contributed by atoms with Crippen molar-refractivity contribution in [3.63, 3.8) is 0 Å². The van der Waals surface area contributed by atoms with Crippen LogP contribution in [-0.2, 0) is 13.1 Å². The molecule has 0 unspecified atom stereocenters. The summed E-state index contributed by atoms with van der Waals surface area (Å²) in [7, 11) is 3.18.